The SMILES string of the molecule is CN(CCc1ccccc1)c1ncc(Cl)cc1F. The van der Waals surface area contributed by atoms with Crippen LogP contribution in [-0.4, -0.2) is 18.6 Å². The molecule has 94 valence electrons. The Morgan fingerprint density at radius 3 is 2.67 bits per heavy atom. The zero-order chi connectivity index (χ0) is 13.0. The normalized spacial score (nSPS) is 10.4. The van der Waals surface area contributed by atoms with Gasteiger partial charge in [0, 0.05) is 19.8 Å². The largest absolute Gasteiger partial charge is 0.357 e. The van der Waals surface area contributed by atoms with E-state index in [1.807, 2.05) is 25.2 Å². The highest BCUT2D eigenvalue weighted by Crippen LogP contribution is 2.18. The monoisotopic (exact) mass is 264 g/mol. The van der Waals surface area contributed by atoms with Crippen molar-refractivity contribution in [3.8, 4) is 0 Å². The van der Waals surface area contributed by atoms with Gasteiger partial charge in [-0.2, -0.15) is 0 Å². The number of halogens is 2. The highest BCUT2D eigenvalue weighted by Gasteiger charge is 2.09. The molecule has 0 aliphatic heterocycles. The summed E-state index contributed by atoms with van der Waals surface area (Å²) < 4.78 is 13.6. The predicted octanol–water partition coefficient (Wildman–Crippen LogP) is 3.55. The van der Waals surface area contributed by atoms with Crippen LogP contribution < -0.4 is 4.90 Å². The molecule has 1 aromatic heterocycles. The molecule has 0 saturated carbocycles. The highest BCUT2D eigenvalue weighted by atomic mass is 35.5. The molecule has 0 aliphatic rings. The van der Waals surface area contributed by atoms with Crippen LogP contribution in [0.3, 0.4) is 0 Å². The molecule has 0 saturated heterocycles. The fourth-order valence-electron chi connectivity index (χ4n) is 1.74. The summed E-state index contributed by atoms with van der Waals surface area (Å²) in [7, 11) is 1.82. The van der Waals surface area contributed by atoms with Crippen LogP contribution >= 0.6 is 11.6 Å². The molecule has 2 aromatic rings. The second kappa shape index (κ2) is 5.83. The van der Waals surface area contributed by atoms with E-state index in [0.29, 0.717) is 17.4 Å². The molecule has 2 nitrogen and oxygen atoms in total. The van der Waals surface area contributed by atoms with Crippen LogP contribution in [-0.2, 0) is 6.42 Å². The van der Waals surface area contributed by atoms with Gasteiger partial charge in [-0.25, -0.2) is 9.37 Å². The number of aromatic nitrogens is 1. The molecule has 0 N–H and O–H groups in total. The fourth-order valence-corrected chi connectivity index (χ4v) is 1.88. The standard InChI is InChI=1S/C14H14ClFN2/c1-18(8-7-11-5-3-2-4-6-11)14-13(16)9-12(15)10-17-14/h2-6,9-10H,7-8H2,1H3. The number of benzene rings is 1. The molecule has 0 radical (unpaired) electrons. The van der Waals surface area contributed by atoms with Crippen molar-refractivity contribution in [2.24, 2.45) is 0 Å². The maximum absolute atomic E-state index is 13.6. The van der Waals surface area contributed by atoms with Gasteiger partial charge in [0.25, 0.3) is 0 Å². The fraction of sp³-hybridized carbons (Fsp3) is 0.214. The maximum Gasteiger partial charge on any atom is 0.167 e. The van der Waals surface area contributed by atoms with Crippen molar-refractivity contribution in [2.45, 2.75) is 6.42 Å². The Labute approximate surface area is 111 Å². The van der Waals surface area contributed by atoms with Gasteiger partial charge in [-0.3, -0.25) is 0 Å². The first-order chi connectivity index (χ1) is 8.66. The van der Waals surface area contributed by atoms with E-state index < -0.39 is 5.82 Å². The molecular weight excluding hydrogens is 251 g/mol. The zero-order valence-corrected chi connectivity index (χ0v) is 10.9. The molecule has 18 heavy (non-hydrogen) atoms. The molecule has 0 bridgehead atoms. The first kappa shape index (κ1) is 12.8. The van der Waals surface area contributed by atoms with Crippen LogP contribution in [0.4, 0.5) is 10.2 Å². The second-order valence-electron chi connectivity index (χ2n) is 4.12. The molecule has 0 atom stereocenters. The minimum atomic E-state index is -0.391. The van der Waals surface area contributed by atoms with Gasteiger partial charge < -0.3 is 4.90 Å². The lowest BCUT2D eigenvalue weighted by Crippen LogP contribution is -2.22. The third-order valence-electron chi connectivity index (χ3n) is 2.73. The van der Waals surface area contributed by atoms with E-state index in [9.17, 15) is 4.39 Å². The summed E-state index contributed by atoms with van der Waals surface area (Å²) in [5, 5.41) is 0.313. The minimum Gasteiger partial charge on any atom is -0.357 e. The van der Waals surface area contributed by atoms with Crippen molar-refractivity contribution in [2.75, 3.05) is 18.5 Å². The Balaban J connectivity index is 2.01. The second-order valence-corrected chi connectivity index (χ2v) is 4.55. The molecule has 4 heteroatoms. The van der Waals surface area contributed by atoms with Gasteiger partial charge >= 0.3 is 0 Å². The molecule has 2 rings (SSSR count). The van der Waals surface area contributed by atoms with Crippen molar-refractivity contribution >= 4 is 17.4 Å². The highest BCUT2D eigenvalue weighted by molar-refractivity contribution is 6.30. The molecule has 0 unspecified atom stereocenters. The first-order valence-electron chi connectivity index (χ1n) is 5.73. The quantitative estimate of drug-likeness (QED) is 0.840. The first-order valence-corrected chi connectivity index (χ1v) is 6.11. The van der Waals surface area contributed by atoms with Crippen LogP contribution in [0.5, 0.6) is 0 Å². The lowest BCUT2D eigenvalue weighted by molar-refractivity contribution is 0.615. The maximum atomic E-state index is 13.6. The van der Waals surface area contributed by atoms with Crippen LogP contribution in [0.2, 0.25) is 5.02 Å². The van der Waals surface area contributed by atoms with Gasteiger partial charge in [-0.05, 0) is 18.1 Å². The zero-order valence-electron chi connectivity index (χ0n) is 10.1. The Kier molecular flexibility index (Phi) is 4.15. The van der Waals surface area contributed by atoms with Crippen molar-refractivity contribution < 1.29 is 4.39 Å². The molecule has 1 aromatic carbocycles. The third kappa shape index (κ3) is 3.20. The van der Waals surface area contributed by atoms with Crippen molar-refractivity contribution in [1.82, 2.24) is 4.98 Å². The summed E-state index contributed by atoms with van der Waals surface area (Å²) in [5.74, 6) is -0.0617. The number of hydrogen-bond donors (Lipinski definition) is 0. The van der Waals surface area contributed by atoms with E-state index in [4.69, 9.17) is 11.6 Å². The van der Waals surface area contributed by atoms with Gasteiger partial charge in [0.1, 0.15) is 0 Å². The Hall–Kier alpha value is -1.61. The molecule has 1 heterocycles. The Morgan fingerprint density at radius 2 is 2.00 bits per heavy atom. The van der Waals surface area contributed by atoms with Gasteiger partial charge in [0.2, 0.25) is 0 Å². The van der Waals surface area contributed by atoms with Crippen molar-refractivity contribution in [3.63, 3.8) is 0 Å². The van der Waals surface area contributed by atoms with Crippen molar-refractivity contribution in [1.29, 1.82) is 0 Å². The van der Waals surface area contributed by atoms with Crippen LogP contribution in [0.25, 0.3) is 0 Å². The van der Waals surface area contributed by atoms with Gasteiger partial charge in [0.15, 0.2) is 11.6 Å². The average Bonchev–Trinajstić information content (AvgIpc) is 2.37. The van der Waals surface area contributed by atoms with Crippen LogP contribution in [0, 0.1) is 5.82 Å². The number of rotatable bonds is 4. The topological polar surface area (TPSA) is 16.1 Å². The number of nitrogens with zero attached hydrogens (tertiary/aromatic N) is 2. The molecule has 0 spiro atoms. The summed E-state index contributed by atoms with van der Waals surface area (Å²) >= 11 is 5.67. The summed E-state index contributed by atoms with van der Waals surface area (Å²) in [6.45, 7) is 0.704. The Bertz CT molecular complexity index is 516. The average molecular weight is 265 g/mol. The molecule has 0 fully saturated rings. The lowest BCUT2D eigenvalue weighted by Gasteiger charge is -2.18. The van der Waals surface area contributed by atoms with Gasteiger partial charge in [-0.15, -0.1) is 0 Å². The molecule has 0 aliphatic carbocycles. The van der Waals surface area contributed by atoms with Gasteiger partial charge in [0.05, 0.1) is 5.02 Å². The van der Waals surface area contributed by atoms with Gasteiger partial charge in [-0.1, -0.05) is 41.9 Å². The summed E-state index contributed by atoms with van der Waals surface area (Å²) in [6, 6.07) is 11.4. The van der Waals surface area contributed by atoms with E-state index in [-0.39, 0.29) is 0 Å². The smallest absolute Gasteiger partial charge is 0.167 e. The minimum absolute atomic E-state index is 0.313. The predicted molar refractivity (Wildman–Crippen MR) is 72.6 cm³/mol. The third-order valence-corrected chi connectivity index (χ3v) is 2.94. The van der Waals surface area contributed by atoms with E-state index in [1.54, 1.807) is 4.90 Å². The summed E-state index contributed by atoms with van der Waals surface area (Å²) in [5.41, 5.74) is 1.22. The Morgan fingerprint density at radius 1 is 1.28 bits per heavy atom. The molecular formula is C14H14ClFN2. The van der Waals surface area contributed by atoms with Crippen LogP contribution in [0.1, 0.15) is 5.56 Å². The van der Waals surface area contributed by atoms with Crippen LogP contribution in [0.15, 0.2) is 42.6 Å². The van der Waals surface area contributed by atoms with Crippen molar-refractivity contribution in [3.05, 3.63) is 59.0 Å². The van der Waals surface area contributed by atoms with E-state index in [1.165, 1.54) is 17.8 Å². The van der Waals surface area contributed by atoms with E-state index in [0.717, 1.165) is 6.42 Å². The molecule has 0 amide bonds. The lowest BCUT2D eigenvalue weighted by atomic mass is 10.1. The van der Waals surface area contributed by atoms with E-state index in [2.05, 4.69) is 17.1 Å². The van der Waals surface area contributed by atoms with E-state index >= 15 is 0 Å². The number of anilines is 1. The number of hydrogen-bond acceptors (Lipinski definition) is 2. The number of likely N-dealkylation sites (N-methyl/N-ethyl adjacent to an activating group) is 1. The number of pyridine rings is 1. The summed E-state index contributed by atoms with van der Waals surface area (Å²) in [6.07, 6.45) is 2.31. The summed E-state index contributed by atoms with van der Waals surface area (Å²) in [4.78, 5) is 5.80.